The fourth-order valence-electron chi connectivity index (χ4n) is 3.10. The van der Waals surface area contributed by atoms with Crippen molar-refractivity contribution >= 4 is 8.07 Å². The molecule has 2 rings (SSSR count). The Bertz CT molecular complexity index is 280. The third kappa shape index (κ3) is 2.84. The van der Waals surface area contributed by atoms with Crippen molar-refractivity contribution in [2.24, 2.45) is 11.8 Å². The summed E-state index contributed by atoms with van der Waals surface area (Å²) in [5, 5.41) is 0. The van der Waals surface area contributed by atoms with E-state index in [-0.39, 0.29) is 0 Å². The van der Waals surface area contributed by atoms with Crippen molar-refractivity contribution in [1.82, 2.24) is 0 Å². The van der Waals surface area contributed by atoms with Crippen LogP contribution in [0.15, 0.2) is 23.4 Å². The van der Waals surface area contributed by atoms with E-state index in [0.717, 1.165) is 11.8 Å². The summed E-state index contributed by atoms with van der Waals surface area (Å²) in [5.41, 5.74) is 4.45. The maximum atomic E-state index is 2.67. The molecule has 0 aliphatic heterocycles. The van der Waals surface area contributed by atoms with E-state index in [1.165, 1.54) is 32.1 Å². The first-order valence-corrected chi connectivity index (χ1v) is 10.0. The minimum Gasteiger partial charge on any atom is -0.0952 e. The summed E-state index contributed by atoms with van der Waals surface area (Å²) in [6, 6.07) is 0. The highest BCUT2D eigenvalue weighted by Gasteiger charge is 2.29. The molecule has 0 aromatic heterocycles. The van der Waals surface area contributed by atoms with E-state index in [4.69, 9.17) is 0 Å². The summed E-state index contributed by atoms with van der Waals surface area (Å²) in [4.78, 5) is 0. The Morgan fingerprint density at radius 1 is 1.27 bits per heavy atom. The van der Waals surface area contributed by atoms with Crippen LogP contribution < -0.4 is 0 Å². The summed E-state index contributed by atoms with van der Waals surface area (Å²) in [6.45, 7) is 7.36. The van der Waals surface area contributed by atoms with Crippen LogP contribution in [0.4, 0.5) is 0 Å². The van der Waals surface area contributed by atoms with Crippen molar-refractivity contribution in [3.63, 3.8) is 0 Å². The van der Waals surface area contributed by atoms with Crippen LogP contribution in [0.25, 0.3) is 0 Å². The van der Waals surface area contributed by atoms with Crippen molar-refractivity contribution in [3.05, 3.63) is 23.4 Å². The van der Waals surface area contributed by atoms with Crippen LogP contribution in [-0.4, -0.2) is 8.07 Å². The van der Waals surface area contributed by atoms with Crippen LogP contribution in [0.2, 0.25) is 19.6 Å². The number of hydrogen-bond acceptors (Lipinski definition) is 0. The van der Waals surface area contributed by atoms with Crippen LogP contribution in [0.3, 0.4) is 0 Å². The number of rotatable bonds is 1. The Labute approximate surface area is 95.5 Å². The van der Waals surface area contributed by atoms with Crippen molar-refractivity contribution < 1.29 is 0 Å². The highest BCUT2D eigenvalue weighted by molar-refractivity contribution is 6.81. The van der Waals surface area contributed by atoms with Gasteiger partial charge in [0.1, 0.15) is 0 Å². The zero-order valence-electron chi connectivity index (χ0n) is 10.4. The van der Waals surface area contributed by atoms with Gasteiger partial charge in [0.2, 0.25) is 0 Å². The molecule has 2 aliphatic carbocycles. The van der Waals surface area contributed by atoms with Gasteiger partial charge in [-0.3, -0.25) is 0 Å². The van der Waals surface area contributed by atoms with Crippen molar-refractivity contribution in [1.29, 1.82) is 0 Å². The zero-order chi connectivity index (χ0) is 10.9. The summed E-state index contributed by atoms with van der Waals surface area (Å²) in [6.07, 6.45) is 11.9. The molecule has 0 nitrogen and oxygen atoms in total. The molecule has 0 radical (unpaired) electrons. The first kappa shape index (κ1) is 11.2. The van der Waals surface area contributed by atoms with Crippen molar-refractivity contribution in [3.8, 4) is 0 Å². The Morgan fingerprint density at radius 2 is 2.07 bits per heavy atom. The summed E-state index contributed by atoms with van der Waals surface area (Å²) in [7, 11) is -1.02. The zero-order valence-corrected chi connectivity index (χ0v) is 11.4. The van der Waals surface area contributed by atoms with Crippen LogP contribution in [0.1, 0.15) is 32.1 Å². The molecule has 0 amide bonds. The fraction of sp³-hybridized carbons (Fsp3) is 0.714. The average Bonchev–Trinajstić information content (AvgIpc) is 2.16. The monoisotopic (exact) mass is 220 g/mol. The van der Waals surface area contributed by atoms with E-state index in [9.17, 15) is 0 Å². The van der Waals surface area contributed by atoms with Gasteiger partial charge in [0.05, 0.1) is 8.07 Å². The molecule has 0 bridgehead atoms. The molecule has 0 unspecified atom stereocenters. The molecule has 0 heterocycles. The lowest BCUT2D eigenvalue weighted by Crippen LogP contribution is -2.26. The van der Waals surface area contributed by atoms with E-state index >= 15 is 0 Å². The third-order valence-electron chi connectivity index (χ3n) is 3.64. The first-order valence-electron chi connectivity index (χ1n) is 6.44. The van der Waals surface area contributed by atoms with E-state index in [0.29, 0.717) is 0 Å². The third-order valence-corrected chi connectivity index (χ3v) is 4.88. The molecule has 1 heteroatoms. The second kappa shape index (κ2) is 4.29. The minimum atomic E-state index is -1.02. The smallest absolute Gasteiger partial charge is 0.0686 e. The van der Waals surface area contributed by atoms with Crippen LogP contribution in [0.5, 0.6) is 0 Å². The Kier molecular flexibility index (Phi) is 3.20. The molecule has 0 spiro atoms. The van der Waals surface area contributed by atoms with E-state index < -0.39 is 8.07 Å². The number of allylic oxidation sites excluding steroid dienone is 3. The van der Waals surface area contributed by atoms with Crippen LogP contribution in [0, 0.1) is 11.8 Å². The second-order valence-corrected chi connectivity index (χ2v) is 11.3. The summed E-state index contributed by atoms with van der Waals surface area (Å²) in [5.74, 6) is 1.80. The molecule has 15 heavy (non-hydrogen) atoms. The average molecular weight is 220 g/mol. The van der Waals surface area contributed by atoms with Gasteiger partial charge in [0.25, 0.3) is 0 Å². The lowest BCUT2D eigenvalue weighted by atomic mass is 9.72. The normalized spacial score (nSPS) is 34.2. The molecule has 1 fully saturated rings. The first-order chi connectivity index (χ1) is 7.06. The minimum absolute atomic E-state index is 0.819. The van der Waals surface area contributed by atoms with Crippen LogP contribution >= 0.6 is 0 Å². The number of hydrogen-bond donors (Lipinski definition) is 0. The van der Waals surface area contributed by atoms with Crippen molar-refractivity contribution in [2.45, 2.75) is 51.7 Å². The molecule has 0 aromatic carbocycles. The van der Waals surface area contributed by atoms with Gasteiger partial charge in [-0.1, -0.05) is 43.1 Å². The highest BCUT2D eigenvalue weighted by atomic mass is 28.3. The summed E-state index contributed by atoms with van der Waals surface area (Å²) >= 11 is 0. The van der Waals surface area contributed by atoms with Gasteiger partial charge < -0.3 is 0 Å². The van der Waals surface area contributed by atoms with Gasteiger partial charge in [-0.2, -0.15) is 0 Å². The molecular formula is C14H24Si. The largest absolute Gasteiger partial charge is 0.0952 e. The lowest BCUT2D eigenvalue weighted by molar-refractivity contribution is 0.319. The fourth-order valence-corrected chi connectivity index (χ4v) is 4.55. The molecule has 2 atom stereocenters. The van der Waals surface area contributed by atoms with Gasteiger partial charge in [-0.15, -0.1) is 0 Å². The van der Waals surface area contributed by atoms with Gasteiger partial charge in [-0.05, 0) is 38.0 Å². The van der Waals surface area contributed by atoms with Crippen molar-refractivity contribution in [2.75, 3.05) is 0 Å². The van der Waals surface area contributed by atoms with E-state index in [1.807, 2.05) is 0 Å². The molecule has 2 aliphatic rings. The summed E-state index contributed by atoms with van der Waals surface area (Å²) < 4.78 is 0. The van der Waals surface area contributed by atoms with E-state index in [2.05, 4.69) is 37.5 Å². The Morgan fingerprint density at radius 3 is 2.80 bits per heavy atom. The number of fused-ring (bicyclic) bond motifs is 1. The Balaban J connectivity index is 2.20. The van der Waals surface area contributed by atoms with Gasteiger partial charge in [0, 0.05) is 5.92 Å². The SMILES string of the molecule is C[Si](C)(C)/C=C1/CCC[C@@H]2CCC=C[C@@H]12. The standard InChI is InChI=1S/C14H24Si/c1-15(2,3)11-13-9-6-8-12-7-4-5-10-14(12)13/h5,10-12,14H,4,6-9H2,1-3H3/b13-11-/t12-,14+/m0/s1. The molecule has 0 saturated heterocycles. The molecule has 0 N–H and O–H groups in total. The lowest BCUT2D eigenvalue weighted by Gasteiger charge is -2.35. The Hall–Kier alpha value is -0.303. The van der Waals surface area contributed by atoms with Gasteiger partial charge >= 0.3 is 0 Å². The molecular weight excluding hydrogens is 196 g/mol. The molecule has 1 saturated carbocycles. The van der Waals surface area contributed by atoms with Gasteiger partial charge in [0.15, 0.2) is 0 Å². The molecule has 84 valence electrons. The van der Waals surface area contributed by atoms with Crippen LogP contribution in [-0.2, 0) is 0 Å². The molecule has 0 aromatic rings. The quantitative estimate of drug-likeness (QED) is 0.449. The predicted molar refractivity (Wildman–Crippen MR) is 70.6 cm³/mol. The maximum absolute atomic E-state index is 2.67. The van der Waals surface area contributed by atoms with E-state index in [1.54, 1.807) is 5.57 Å². The second-order valence-electron chi connectivity index (χ2n) is 6.27. The highest BCUT2D eigenvalue weighted by Crippen LogP contribution is 2.40. The predicted octanol–water partition coefficient (Wildman–Crippen LogP) is 4.56. The van der Waals surface area contributed by atoms with Gasteiger partial charge in [-0.25, -0.2) is 0 Å². The maximum Gasteiger partial charge on any atom is 0.0686 e. The topological polar surface area (TPSA) is 0 Å².